The zero-order valence-corrected chi connectivity index (χ0v) is 24.8. The topological polar surface area (TPSA) is 106 Å². The highest BCUT2D eigenvalue weighted by Gasteiger charge is 2.35. The Hall–Kier alpha value is -2.14. The molecule has 2 saturated carbocycles. The monoisotopic (exact) mass is 578 g/mol. The van der Waals surface area contributed by atoms with E-state index in [9.17, 15) is 18.3 Å². The van der Waals surface area contributed by atoms with E-state index in [0.717, 1.165) is 38.5 Å². The number of ether oxygens (including phenoxy) is 3. The van der Waals surface area contributed by atoms with Gasteiger partial charge in [-0.25, -0.2) is 8.42 Å². The smallest absolute Gasteiger partial charge is 0.288 e. The molecular weight excluding hydrogens is 532 g/mol. The molecule has 1 aromatic carbocycles. The van der Waals surface area contributed by atoms with Gasteiger partial charge in [-0.1, -0.05) is 38.5 Å². The molecule has 10 heteroatoms. The van der Waals surface area contributed by atoms with Crippen LogP contribution in [-0.4, -0.2) is 81.4 Å². The van der Waals surface area contributed by atoms with Gasteiger partial charge in [0.25, 0.3) is 5.91 Å². The Balaban J connectivity index is 1.42. The Morgan fingerprint density at radius 2 is 1.65 bits per heavy atom. The number of carbonyl (C=O) groups excluding carboxylic acids is 1. The van der Waals surface area contributed by atoms with E-state index in [2.05, 4.69) is 0 Å². The van der Waals surface area contributed by atoms with Gasteiger partial charge in [0, 0.05) is 32.6 Å². The number of benzene rings is 1. The van der Waals surface area contributed by atoms with Crippen LogP contribution in [0.2, 0.25) is 0 Å². The van der Waals surface area contributed by atoms with E-state index >= 15 is 0 Å². The molecule has 224 valence electrons. The lowest BCUT2D eigenvalue weighted by Crippen LogP contribution is -2.42. The normalized spacial score (nSPS) is 22.9. The fraction of sp³-hybridized carbons (Fsp3) is 0.700. The van der Waals surface area contributed by atoms with Gasteiger partial charge in [0.15, 0.2) is 5.76 Å². The van der Waals surface area contributed by atoms with Crippen LogP contribution in [0, 0.1) is 11.8 Å². The van der Waals surface area contributed by atoms with Crippen molar-refractivity contribution in [3.05, 3.63) is 36.1 Å². The van der Waals surface area contributed by atoms with Gasteiger partial charge < -0.3 is 24.2 Å². The number of likely N-dealkylation sites (N-methyl/N-ethyl adjacent to an activating group) is 1. The van der Waals surface area contributed by atoms with Crippen LogP contribution >= 0.6 is 0 Å². The number of hydrogen-bond donors (Lipinski definition) is 1. The van der Waals surface area contributed by atoms with E-state index in [1.165, 1.54) is 49.2 Å². The zero-order chi connectivity index (χ0) is 28.5. The van der Waals surface area contributed by atoms with Crippen molar-refractivity contribution in [3.8, 4) is 5.75 Å². The van der Waals surface area contributed by atoms with Crippen LogP contribution in [0.5, 0.6) is 5.75 Å². The first-order valence-corrected chi connectivity index (χ1v) is 16.3. The highest BCUT2D eigenvalue weighted by Crippen LogP contribution is 2.38. The number of rotatable bonds is 12. The summed E-state index contributed by atoms with van der Waals surface area (Å²) < 4.78 is 45.1. The average Bonchev–Trinajstić information content (AvgIpc) is 3.00. The fourth-order valence-corrected chi connectivity index (χ4v) is 7.70. The Morgan fingerprint density at radius 3 is 2.27 bits per heavy atom. The fourth-order valence-electron chi connectivity index (χ4n) is 6.28. The number of aliphatic hydroxyl groups is 1. The van der Waals surface area contributed by atoms with Crippen molar-refractivity contribution in [2.24, 2.45) is 11.8 Å². The van der Waals surface area contributed by atoms with E-state index in [0.29, 0.717) is 23.8 Å². The predicted octanol–water partition coefficient (Wildman–Crippen LogP) is 4.31. The molecule has 3 aliphatic rings. The molecule has 4 rings (SSSR count). The van der Waals surface area contributed by atoms with Gasteiger partial charge in [-0.3, -0.25) is 4.79 Å². The van der Waals surface area contributed by atoms with E-state index in [-0.39, 0.29) is 49.1 Å². The molecule has 0 unspecified atom stereocenters. The summed E-state index contributed by atoms with van der Waals surface area (Å²) in [6.07, 6.45) is 13.5. The van der Waals surface area contributed by atoms with Gasteiger partial charge in [0.1, 0.15) is 5.75 Å². The zero-order valence-electron chi connectivity index (χ0n) is 24.0. The van der Waals surface area contributed by atoms with E-state index in [4.69, 9.17) is 14.2 Å². The molecule has 9 nitrogen and oxygen atoms in total. The van der Waals surface area contributed by atoms with Crippen molar-refractivity contribution in [3.63, 3.8) is 0 Å². The van der Waals surface area contributed by atoms with Gasteiger partial charge in [0.2, 0.25) is 16.3 Å². The van der Waals surface area contributed by atoms with Crippen LogP contribution < -0.4 is 4.74 Å². The van der Waals surface area contributed by atoms with E-state index in [1.54, 1.807) is 12.1 Å². The molecule has 1 N–H and O–H groups in total. The minimum atomic E-state index is -3.84. The largest absolute Gasteiger partial charge is 0.497 e. The Morgan fingerprint density at radius 1 is 1.00 bits per heavy atom. The maximum absolute atomic E-state index is 13.5. The summed E-state index contributed by atoms with van der Waals surface area (Å²) in [6, 6.07) is 6.40. The van der Waals surface area contributed by atoms with Crippen molar-refractivity contribution in [2.45, 2.75) is 87.9 Å². The summed E-state index contributed by atoms with van der Waals surface area (Å²) in [5.74, 6) is 1.51. The van der Waals surface area contributed by atoms with Crippen LogP contribution in [0.4, 0.5) is 0 Å². The highest BCUT2D eigenvalue weighted by atomic mass is 32.2. The third-order valence-corrected chi connectivity index (χ3v) is 10.6. The molecule has 2 aliphatic carbocycles. The summed E-state index contributed by atoms with van der Waals surface area (Å²) in [6.45, 7) is -0.229. The van der Waals surface area contributed by atoms with E-state index < -0.39 is 16.3 Å². The minimum absolute atomic E-state index is 0.0518. The van der Waals surface area contributed by atoms with Crippen molar-refractivity contribution < 1.29 is 32.5 Å². The summed E-state index contributed by atoms with van der Waals surface area (Å²) >= 11 is 0. The lowest BCUT2D eigenvalue weighted by molar-refractivity contribution is -0.158. The number of sulfonamides is 1. The number of methoxy groups -OCH3 is 1. The van der Waals surface area contributed by atoms with Crippen molar-refractivity contribution in [2.75, 3.05) is 40.5 Å². The second-order valence-corrected chi connectivity index (χ2v) is 13.2. The average molecular weight is 579 g/mol. The molecule has 2 atom stereocenters. The van der Waals surface area contributed by atoms with Gasteiger partial charge in [0.05, 0.1) is 25.2 Å². The van der Waals surface area contributed by atoms with Gasteiger partial charge in [-0.2, -0.15) is 4.31 Å². The van der Waals surface area contributed by atoms with Crippen LogP contribution in [0.1, 0.15) is 70.6 Å². The molecule has 0 bridgehead atoms. The molecule has 0 saturated heterocycles. The standard InChI is InChI=1S/C30H46N2O7S/c1-31(25-11-7-4-8-12-25)30(34)28-21-24(23-9-5-3-6-10-23)22-29(39-28)38-20-18-32(17-19-33)40(35,36)27-15-13-26(37-2)14-16-27/h13-16,21,23-25,29,33H,3-12,17-20,22H2,1-2H3/t24-,29+/m1/s1. The summed E-state index contributed by atoms with van der Waals surface area (Å²) in [4.78, 5) is 15.5. The number of carbonyl (C=O) groups is 1. The SMILES string of the molecule is COc1ccc(S(=O)(=O)N(CCO)CCO[C@@H]2C[C@H](C3CCCCC3)C=C(C(=O)N(C)C3CCCCC3)O2)cc1. The number of amides is 1. The minimum Gasteiger partial charge on any atom is -0.497 e. The molecule has 0 aromatic heterocycles. The van der Waals surface area contributed by atoms with Crippen LogP contribution in [0.15, 0.2) is 41.0 Å². The molecule has 2 fully saturated rings. The summed E-state index contributed by atoms with van der Waals surface area (Å²) in [5, 5.41) is 9.57. The first-order chi connectivity index (χ1) is 19.3. The molecule has 0 spiro atoms. The third kappa shape index (κ3) is 7.78. The first kappa shape index (κ1) is 30.8. The lowest BCUT2D eigenvalue weighted by Gasteiger charge is -2.37. The Labute approximate surface area is 239 Å². The molecule has 1 heterocycles. The van der Waals surface area contributed by atoms with Crippen LogP contribution in [-0.2, 0) is 24.3 Å². The number of aliphatic hydroxyl groups excluding tert-OH is 1. The molecule has 1 aliphatic heterocycles. The van der Waals surface area contributed by atoms with Crippen LogP contribution in [0.25, 0.3) is 0 Å². The van der Waals surface area contributed by atoms with Crippen molar-refractivity contribution in [1.82, 2.24) is 9.21 Å². The Kier molecular flexibility index (Phi) is 11.3. The first-order valence-electron chi connectivity index (χ1n) is 14.9. The van der Waals surface area contributed by atoms with Gasteiger partial charge >= 0.3 is 0 Å². The number of hydrogen-bond acceptors (Lipinski definition) is 7. The molecule has 1 amide bonds. The quantitative estimate of drug-likeness (QED) is 0.394. The van der Waals surface area contributed by atoms with Gasteiger partial charge in [-0.05, 0) is 67.9 Å². The predicted molar refractivity (Wildman–Crippen MR) is 152 cm³/mol. The second kappa shape index (κ2) is 14.7. The van der Waals surface area contributed by atoms with Crippen molar-refractivity contribution >= 4 is 15.9 Å². The molecular formula is C30H46N2O7S. The van der Waals surface area contributed by atoms with Gasteiger partial charge in [-0.15, -0.1) is 0 Å². The summed E-state index contributed by atoms with van der Waals surface area (Å²) in [5.41, 5.74) is 0. The summed E-state index contributed by atoms with van der Waals surface area (Å²) in [7, 11) is -0.447. The molecule has 1 aromatic rings. The maximum Gasteiger partial charge on any atom is 0.288 e. The second-order valence-electron chi connectivity index (χ2n) is 11.3. The highest BCUT2D eigenvalue weighted by molar-refractivity contribution is 7.89. The Bertz CT molecular complexity index is 1080. The lowest BCUT2D eigenvalue weighted by atomic mass is 9.77. The van der Waals surface area contributed by atoms with Crippen LogP contribution in [0.3, 0.4) is 0 Å². The molecule has 0 radical (unpaired) electrons. The maximum atomic E-state index is 13.5. The van der Waals surface area contributed by atoms with E-state index in [1.807, 2.05) is 18.0 Å². The number of allylic oxidation sites excluding steroid dienone is 1. The number of nitrogens with zero attached hydrogens (tertiary/aromatic N) is 2. The third-order valence-electron chi connectivity index (χ3n) is 8.69. The molecule has 40 heavy (non-hydrogen) atoms. The van der Waals surface area contributed by atoms with Crippen molar-refractivity contribution in [1.29, 1.82) is 0 Å².